The maximum atomic E-state index is 11.2. The summed E-state index contributed by atoms with van der Waals surface area (Å²) in [5.41, 5.74) is 5.25. The summed E-state index contributed by atoms with van der Waals surface area (Å²) < 4.78 is 0. The van der Waals surface area contributed by atoms with Gasteiger partial charge in [-0.1, -0.05) is 0 Å². The maximum absolute atomic E-state index is 11.2. The van der Waals surface area contributed by atoms with E-state index in [0.29, 0.717) is 13.2 Å². The minimum atomic E-state index is -1.09. The monoisotopic (exact) mass is 233 g/mol. The highest BCUT2D eigenvalue weighted by Crippen LogP contribution is 1.95. The standard InChI is InChI=1S/C9H19N3O4/c10-7(9(14)15)3-4-8(13)12-5-1-2-6-16-11/h7H,1-6,10-11H2,(H,12,13)(H,14,15). The summed E-state index contributed by atoms with van der Waals surface area (Å²) >= 11 is 0. The fraction of sp³-hybridized carbons (Fsp3) is 0.778. The summed E-state index contributed by atoms with van der Waals surface area (Å²) in [6.45, 7) is 0.990. The van der Waals surface area contributed by atoms with Gasteiger partial charge in [-0.05, 0) is 19.3 Å². The predicted octanol–water partition coefficient (Wildman–Crippen LogP) is -1.03. The largest absolute Gasteiger partial charge is 0.480 e. The van der Waals surface area contributed by atoms with E-state index in [2.05, 4.69) is 10.2 Å². The topological polar surface area (TPSA) is 128 Å². The molecule has 7 heteroatoms. The highest BCUT2D eigenvalue weighted by Gasteiger charge is 2.12. The molecule has 0 radical (unpaired) electrons. The van der Waals surface area contributed by atoms with Gasteiger partial charge in [0.15, 0.2) is 0 Å². The number of nitrogens with one attached hydrogen (secondary N) is 1. The fourth-order valence-electron chi connectivity index (χ4n) is 1.04. The molecular weight excluding hydrogens is 214 g/mol. The molecule has 0 fully saturated rings. The van der Waals surface area contributed by atoms with Crippen LogP contribution >= 0.6 is 0 Å². The van der Waals surface area contributed by atoms with Crippen molar-refractivity contribution < 1.29 is 19.5 Å². The van der Waals surface area contributed by atoms with Crippen LogP contribution in [0.4, 0.5) is 0 Å². The Balaban J connectivity index is 3.41. The number of nitrogens with two attached hydrogens (primary N) is 2. The van der Waals surface area contributed by atoms with Crippen LogP contribution in [0.1, 0.15) is 25.7 Å². The molecule has 0 aromatic carbocycles. The Hall–Kier alpha value is -1.18. The Bertz CT molecular complexity index is 223. The summed E-state index contributed by atoms with van der Waals surface area (Å²) in [5, 5.41) is 11.1. The van der Waals surface area contributed by atoms with Crippen molar-refractivity contribution in [1.29, 1.82) is 0 Å². The SMILES string of the molecule is NOCCCCNC(=O)CCC(N)C(=O)O. The van der Waals surface area contributed by atoms with Crippen molar-refractivity contribution in [2.75, 3.05) is 13.2 Å². The Morgan fingerprint density at radius 1 is 1.38 bits per heavy atom. The van der Waals surface area contributed by atoms with E-state index in [1.807, 2.05) is 0 Å². The Kier molecular flexibility index (Phi) is 8.41. The molecule has 94 valence electrons. The van der Waals surface area contributed by atoms with Gasteiger partial charge < -0.3 is 21.0 Å². The van der Waals surface area contributed by atoms with Crippen LogP contribution in [0.5, 0.6) is 0 Å². The average molecular weight is 233 g/mol. The van der Waals surface area contributed by atoms with Gasteiger partial charge in [0.05, 0.1) is 6.61 Å². The van der Waals surface area contributed by atoms with Crippen LogP contribution in [0.15, 0.2) is 0 Å². The van der Waals surface area contributed by atoms with Gasteiger partial charge in [-0.2, -0.15) is 0 Å². The highest BCUT2D eigenvalue weighted by molar-refractivity contribution is 5.78. The third-order valence-electron chi connectivity index (χ3n) is 2.01. The van der Waals surface area contributed by atoms with Gasteiger partial charge in [-0.3, -0.25) is 9.59 Å². The summed E-state index contributed by atoms with van der Waals surface area (Å²) in [6.07, 6.45) is 1.81. The molecule has 0 rings (SSSR count). The first kappa shape index (κ1) is 14.8. The van der Waals surface area contributed by atoms with E-state index in [9.17, 15) is 9.59 Å². The van der Waals surface area contributed by atoms with Crippen LogP contribution in [0.3, 0.4) is 0 Å². The number of unbranched alkanes of at least 4 members (excludes halogenated alkanes) is 1. The van der Waals surface area contributed by atoms with Crippen LogP contribution in [0, 0.1) is 0 Å². The van der Waals surface area contributed by atoms with Crippen molar-refractivity contribution in [3.8, 4) is 0 Å². The number of amides is 1. The lowest BCUT2D eigenvalue weighted by Crippen LogP contribution is -2.33. The van der Waals surface area contributed by atoms with Crippen LogP contribution in [0.2, 0.25) is 0 Å². The fourth-order valence-corrected chi connectivity index (χ4v) is 1.04. The van der Waals surface area contributed by atoms with Gasteiger partial charge in [0.25, 0.3) is 0 Å². The molecule has 0 aliphatic rings. The summed E-state index contributed by atoms with van der Waals surface area (Å²) in [6, 6.07) is -0.976. The third kappa shape index (κ3) is 8.16. The first-order valence-electron chi connectivity index (χ1n) is 5.14. The molecular formula is C9H19N3O4. The van der Waals surface area contributed by atoms with E-state index in [0.717, 1.165) is 12.8 Å². The van der Waals surface area contributed by atoms with Crippen molar-refractivity contribution in [2.45, 2.75) is 31.7 Å². The van der Waals surface area contributed by atoms with Crippen molar-refractivity contribution in [3.05, 3.63) is 0 Å². The molecule has 7 nitrogen and oxygen atoms in total. The number of carboxylic acids is 1. The molecule has 0 aromatic heterocycles. The van der Waals surface area contributed by atoms with E-state index in [1.165, 1.54) is 0 Å². The number of carbonyl (C=O) groups is 2. The van der Waals surface area contributed by atoms with E-state index in [1.54, 1.807) is 0 Å². The predicted molar refractivity (Wildman–Crippen MR) is 57.2 cm³/mol. The van der Waals surface area contributed by atoms with Gasteiger partial charge in [0.1, 0.15) is 6.04 Å². The second kappa shape index (κ2) is 9.08. The molecule has 0 saturated carbocycles. The molecule has 0 spiro atoms. The Morgan fingerprint density at radius 3 is 2.62 bits per heavy atom. The van der Waals surface area contributed by atoms with Gasteiger partial charge >= 0.3 is 5.97 Å². The number of carbonyl (C=O) groups excluding carboxylic acids is 1. The zero-order valence-corrected chi connectivity index (χ0v) is 9.15. The van der Waals surface area contributed by atoms with Gasteiger partial charge in [-0.25, -0.2) is 5.90 Å². The second-order valence-electron chi connectivity index (χ2n) is 3.41. The molecule has 1 unspecified atom stereocenters. The average Bonchev–Trinajstić information content (AvgIpc) is 2.25. The van der Waals surface area contributed by atoms with E-state index in [-0.39, 0.29) is 18.7 Å². The number of carboxylic acid groups (broad SMARTS) is 1. The third-order valence-corrected chi connectivity index (χ3v) is 2.01. The summed E-state index contributed by atoms with van der Waals surface area (Å²) in [5.74, 6) is 3.54. The van der Waals surface area contributed by atoms with E-state index >= 15 is 0 Å². The molecule has 0 heterocycles. The minimum Gasteiger partial charge on any atom is -0.480 e. The van der Waals surface area contributed by atoms with E-state index < -0.39 is 12.0 Å². The van der Waals surface area contributed by atoms with E-state index in [4.69, 9.17) is 16.7 Å². The number of aliphatic carboxylic acids is 1. The lowest BCUT2D eigenvalue weighted by Gasteiger charge is -2.07. The first-order valence-corrected chi connectivity index (χ1v) is 5.14. The first-order chi connectivity index (χ1) is 7.57. The minimum absolute atomic E-state index is 0.126. The zero-order valence-electron chi connectivity index (χ0n) is 9.15. The van der Waals surface area contributed by atoms with Crippen LogP contribution in [-0.4, -0.2) is 36.2 Å². The number of hydrogen-bond acceptors (Lipinski definition) is 5. The molecule has 1 amide bonds. The maximum Gasteiger partial charge on any atom is 0.320 e. The van der Waals surface area contributed by atoms with Gasteiger partial charge in [0.2, 0.25) is 5.91 Å². The Labute approximate surface area is 94.1 Å². The molecule has 0 bridgehead atoms. The molecule has 1 atom stereocenters. The molecule has 6 N–H and O–H groups in total. The summed E-state index contributed by atoms with van der Waals surface area (Å²) in [4.78, 5) is 25.9. The zero-order chi connectivity index (χ0) is 12.4. The smallest absolute Gasteiger partial charge is 0.320 e. The van der Waals surface area contributed by atoms with Crippen molar-refractivity contribution in [2.24, 2.45) is 11.6 Å². The molecule has 16 heavy (non-hydrogen) atoms. The molecule has 0 aromatic rings. The van der Waals surface area contributed by atoms with Gasteiger partial charge in [-0.15, -0.1) is 0 Å². The van der Waals surface area contributed by atoms with Crippen LogP contribution in [-0.2, 0) is 14.4 Å². The lowest BCUT2D eigenvalue weighted by atomic mass is 10.1. The Morgan fingerprint density at radius 2 is 2.06 bits per heavy atom. The normalized spacial score (nSPS) is 12.1. The van der Waals surface area contributed by atoms with Crippen LogP contribution < -0.4 is 16.9 Å². The molecule has 0 aliphatic carbocycles. The molecule has 0 aliphatic heterocycles. The molecule has 0 saturated heterocycles. The van der Waals surface area contributed by atoms with Crippen molar-refractivity contribution in [3.63, 3.8) is 0 Å². The second-order valence-corrected chi connectivity index (χ2v) is 3.41. The summed E-state index contributed by atoms with van der Waals surface area (Å²) in [7, 11) is 0. The van der Waals surface area contributed by atoms with Crippen molar-refractivity contribution in [1.82, 2.24) is 5.32 Å². The number of hydrogen-bond donors (Lipinski definition) is 4. The highest BCUT2D eigenvalue weighted by atomic mass is 16.6. The lowest BCUT2D eigenvalue weighted by molar-refractivity contribution is -0.138. The van der Waals surface area contributed by atoms with Gasteiger partial charge in [0, 0.05) is 13.0 Å². The van der Waals surface area contributed by atoms with Crippen molar-refractivity contribution >= 4 is 11.9 Å². The quantitative estimate of drug-likeness (QED) is 0.297. The van der Waals surface area contributed by atoms with Crippen LogP contribution in [0.25, 0.3) is 0 Å². The number of rotatable bonds is 9.